The average Bonchev–Trinajstić information content (AvgIpc) is 2.51. The Balaban J connectivity index is 2.07. The van der Waals surface area contributed by atoms with Gasteiger partial charge in [0.25, 0.3) is 5.91 Å². The van der Waals surface area contributed by atoms with E-state index in [-0.39, 0.29) is 5.57 Å². The normalized spacial score (nSPS) is 10.8. The molecule has 1 amide bonds. The molecule has 4 nitrogen and oxygen atoms in total. The summed E-state index contributed by atoms with van der Waals surface area (Å²) in [4.78, 5) is 15.9. The zero-order chi connectivity index (χ0) is 15.1. The third kappa shape index (κ3) is 4.44. The lowest BCUT2D eigenvalue weighted by molar-refractivity contribution is -0.117. The molecular weight excluding hydrogens is 286 g/mol. The largest absolute Gasteiger partial charge is 0.347 e. The van der Waals surface area contributed by atoms with Crippen LogP contribution in [0.25, 0.3) is 6.08 Å². The molecule has 21 heavy (non-hydrogen) atoms. The van der Waals surface area contributed by atoms with Gasteiger partial charge in [0.15, 0.2) is 0 Å². The second-order valence-electron chi connectivity index (χ2n) is 4.26. The number of pyridine rings is 1. The molecule has 0 radical (unpaired) electrons. The number of benzene rings is 1. The molecule has 1 aromatic heterocycles. The minimum atomic E-state index is -0.422. The number of nitrogens with one attached hydrogen (secondary N) is 1. The summed E-state index contributed by atoms with van der Waals surface area (Å²) in [5.74, 6) is -0.422. The number of nitrogens with zero attached hydrogens (tertiary/aromatic N) is 2. The molecule has 1 heterocycles. The van der Waals surface area contributed by atoms with Crippen LogP contribution in [-0.4, -0.2) is 10.9 Å². The third-order valence-corrected chi connectivity index (χ3v) is 2.96. The summed E-state index contributed by atoms with van der Waals surface area (Å²) < 4.78 is 0. The average molecular weight is 298 g/mol. The van der Waals surface area contributed by atoms with Crippen molar-refractivity contribution in [2.24, 2.45) is 0 Å². The van der Waals surface area contributed by atoms with Crippen molar-refractivity contribution in [2.75, 3.05) is 0 Å². The highest BCUT2D eigenvalue weighted by Crippen LogP contribution is 2.13. The Morgan fingerprint density at radius 2 is 2.10 bits per heavy atom. The molecule has 0 unspecified atom stereocenters. The van der Waals surface area contributed by atoms with Gasteiger partial charge in [0, 0.05) is 24.0 Å². The Bertz CT molecular complexity index is 705. The molecule has 0 atom stereocenters. The number of rotatable bonds is 4. The van der Waals surface area contributed by atoms with Gasteiger partial charge >= 0.3 is 0 Å². The van der Waals surface area contributed by atoms with Crippen molar-refractivity contribution < 1.29 is 4.79 Å². The van der Waals surface area contributed by atoms with Crippen LogP contribution in [0.2, 0.25) is 5.02 Å². The maximum absolute atomic E-state index is 12.0. The minimum Gasteiger partial charge on any atom is -0.347 e. The van der Waals surface area contributed by atoms with Gasteiger partial charge in [-0.1, -0.05) is 23.7 Å². The van der Waals surface area contributed by atoms with Gasteiger partial charge < -0.3 is 5.32 Å². The van der Waals surface area contributed by atoms with Gasteiger partial charge in [-0.15, -0.1) is 0 Å². The van der Waals surface area contributed by atoms with Gasteiger partial charge in [-0.05, 0) is 41.5 Å². The SMILES string of the molecule is N#C/C(=C\c1cccc(Cl)c1)C(=O)NCc1ccncc1. The van der Waals surface area contributed by atoms with Crippen molar-refractivity contribution in [3.05, 3.63) is 70.5 Å². The van der Waals surface area contributed by atoms with Crippen LogP contribution in [-0.2, 0) is 11.3 Å². The molecule has 0 aliphatic rings. The summed E-state index contributed by atoms with van der Waals surface area (Å²) in [5.41, 5.74) is 1.66. The third-order valence-electron chi connectivity index (χ3n) is 2.73. The van der Waals surface area contributed by atoms with Gasteiger partial charge in [-0.25, -0.2) is 0 Å². The van der Waals surface area contributed by atoms with Gasteiger partial charge in [0.05, 0.1) is 0 Å². The zero-order valence-corrected chi connectivity index (χ0v) is 11.8. The predicted octanol–water partition coefficient (Wildman–Crippen LogP) is 2.96. The molecule has 104 valence electrons. The van der Waals surface area contributed by atoms with Crippen LogP contribution in [0.15, 0.2) is 54.4 Å². The van der Waals surface area contributed by atoms with Crippen LogP contribution in [0.4, 0.5) is 0 Å². The smallest absolute Gasteiger partial charge is 0.262 e. The monoisotopic (exact) mass is 297 g/mol. The Morgan fingerprint density at radius 3 is 2.76 bits per heavy atom. The van der Waals surface area contributed by atoms with E-state index in [1.807, 2.05) is 6.07 Å². The summed E-state index contributed by atoms with van der Waals surface area (Å²) >= 11 is 5.87. The summed E-state index contributed by atoms with van der Waals surface area (Å²) in [6.07, 6.45) is 4.80. The van der Waals surface area contributed by atoms with Crippen LogP contribution in [0.1, 0.15) is 11.1 Å². The first kappa shape index (κ1) is 14.8. The van der Waals surface area contributed by atoms with E-state index in [1.54, 1.807) is 48.8 Å². The molecule has 1 aromatic carbocycles. The number of nitriles is 1. The van der Waals surface area contributed by atoms with Crippen molar-refractivity contribution in [2.45, 2.75) is 6.54 Å². The van der Waals surface area contributed by atoms with Crippen LogP contribution in [0.3, 0.4) is 0 Å². The summed E-state index contributed by atoms with van der Waals surface area (Å²) in [5, 5.41) is 12.4. The number of hydrogen-bond acceptors (Lipinski definition) is 3. The second kappa shape index (κ2) is 7.22. The van der Waals surface area contributed by atoms with Crippen LogP contribution < -0.4 is 5.32 Å². The van der Waals surface area contributed by atoms with Gasteiger partial charge in [-0.3, -0.25) is 9.78 Å². The molecule has 0 spiro atoms. The lowest BCUT2D eigenvalue weighted by Gasteiger charge is -2.04. The van der Waals surface area contributed by atoms with E-state index in [1.165, 1.54) is 6.08 Å². The fourth-order valence-corrected chi connectivity index (χ4v) is 1.89. The van der Waals surface area contributed by atoms with Crippen LogP contribution in [0, 0.1) is 11.3 Å². The number of amides is 1. The summed E-state index contributed by atoms with van der Waals surface area (Å²) in [6.45, 7) is 0.343. The highest BCUT2D eigenvalue weighted by molar-refractivity contribution is 6.30. The summed E-state index contributed by atoms with van der Waals surface area (Å²) in [6, 6.07) is 12.5. The zero-order valence-electron chi connectivity index (χ0n) is 11.1. The first-order valence-electron chi connectivity index (χ1n) is 6.23. The van der Waals surface area contributed by atoms with Crippen molar-refractivity contribution in [1.29, 1.82) is 5.26 Å². The lowest BCUT2D eigenvalue weighted by Crippen LogP contribution is -2.23. The van der Waals surface area contributed by atoms with E-state index >= 15 is 0 Å². The van der Waals surface area contributed by atoms with E-state index in [0.717, 1.165) is 5.56 Å². The predicted molar refractivity (Wildman–Crippen MR) is 81.1 cm³/mol. The van der Waals surface area contributed by atoms with Gasteiger partial charge in [0.2, 0.25) is 0 Å². The molecule has 2 aromatic rings. The standard InChI is InChI=1S/C16H12ClN3O/c17-15-3-1-2-13(9-15)8-14(10-18)16(21)20-11-12-4-6-19-7-5-12/h1-9H,11H2,(H,20,21)/b14-8+. The molecule has 0 fully saturated rings. The maximum Gasteiger partial charge on any atom is 0.262 e. The molecule has 0 bridgehead atoms. The van der Waals surface area contributed by atoms with Crippen molar-refractivity contribution >= 4 is 23.6 Å². The van der Waals surface area contributed by atoms with Gasteiger partial charge in [-0.2, -0.15) is 5.26 Å². The van der Waals surface area contributed by atoms with E-state index in [9.17, 15) is 4.79 Å². The molecule has 0 aliphatic carbocycles. The fourth-order valence-electron chi connectivity index (χ4n) is 1.69. The highest BCUT2D eigenvalue weighted by Gasteiger charge is 2.08. The number of halogens is 1. The quantitative estimate of drug-likeness (QED) is 0.697. The molecule has 5 heteroatoms. The minimum absolute atomic E-state index is 0.0336. The molecule has 0 aliphatic heterocycles. The molecule has 1 N–H and O–H groups in total. The molecule has 0 saturated heterocycles. The van der Waals surface area contributed by atoms with Crippen molar-refractivity contribution in [1.82, 2.24) is 10.3 Å². The Hall–Kier alpha value is -2.64. The number of carbonyl (C=O) groups is 1. The maximum atomic E-state index is 12.0. The Kier molecular flexibility index (Phi) is 5.08. The topological polar surface area (TPSA) is 65.8 Å². The van der Waals surface area contributed by atoms with Gasteiger partial charge in [0.1, 0.15) is 11.6 Å². The number of carbonyl (C=O) groups excluding carboxylic acids is 1. The van der Waals surface area contributed by atoms with Crippen molar-refractivity contribution in [3.8, 4) is 6.07 Å². The van der Waals surface area contributed by atoms with E-state index in [0.29, 0.717) is 17.1 Å². The van der Waals surface area contributed by atoms with Crippen molar-refractivity contribution in [3.63, 3.8) is 0 Å². The van der Waals surface area contributed by atoms with E-state index in [2.05, 4.69) is 10.3 Å². The first-order valence-corrected chi connectivity index (χ1v) is 6.61. The second-order valence-corrected chi connectivity index (χ2v) is 4.70. The number of aromatic nitrogens is 1. The lowest BCUT2D eigenvalue weighted by atomic mass is 10.1. The fraction of sp³-hybridized carbons (Fsp3) is 0.0625. The first-order chi connectivity index (χ1) is 10.2. The molecule has 2 rings (SSSR count). The van der Waals surface area contributed by atoms with Crippen LogP contribution >= 0.6 is 11.6 Å². The molecule has 0 saturated carbocycles. The number of hydrogen-bond donors (Lipinski definition) is 1. The van der Waals surface area contributed by atoms with E-state index < -0.39 is 5.91 Å². The highest BCUT2D eigenvalue weighted by atomic mass is 35.5. The Labute approximate surface area is 127 Å². The Morgan fingerprint density at radius 1 is 1.33 bits per heavy atom. The summed E-state index contributed by atoms with van der Waals surface area (Å²) in [7, 11) is 0. The van der Waals surface area contributed by atoms with Crippen LogP contribution in [0.5, 0.6) is 0 Å². The molecular formula is C16H12ClN3O. The van der Waals surface area contributed by atoms with E-state index in [4.69, 9.17) is 16.9 Å².